The first kappa shape index (κ1) is 14.7. The topological polar surface area (TPSA) is 34.1 Å². The fourth-order valence-electron chi connectivity index (χ4n) is 1.21. The normalized spacial score (nSPS) is 10.9. The zero-order valence-corrected chi connectivity index (χ0v) is 12.5. The van der Waals surface area contributed by atoms with Gasteiger partial charge in [-0.1, -0.05) is 25.4 Å². The molecule has 96 valence electrons. The van der Waals surface area contributed by atoms with E-state index < -0.39 is 0 Å². The number of rotatable bonds is 7. The SMILES string of the molecule is CC(C)CCOCCNc1ncc(Cl)cc1Br. The molecule has 0 aliphatic heterocycles. The molecule has 0 aromatic carbocycles. The van der Waals surface area contributed by atoms with Gasteiger partial charge in [0.05, 0.1) is 16.1 Å². The quantitative estimate of drug-likeness (QED) is 0.772. The Hall–Kier alpha value is -0.320. The van der Waals surface area contributed by atoms with Crippen LogP contribution in [0.3, 0.4) is 0 Å². The number of hydrogen-bond donors (Lipinski definition) is 1. The van der Waals surface area contributed by atoms with Crippen LogP contribution in [0.15, 0.2) is 16.7 Å². The first-order chi connectivity index (χ1) is 8.09. The Balaban J connectivity index is 2.18. The van der Waals surface area contributed by atoms with Crippen LogP contribution in [0.2, 0.25) is 5.02 Å². The summed E-state index contributed by atoms with van der Waals surface area (Å²) in [6, 6.07) is 1.82. The van der Waals surface area contributed by atoms with E-state index in [0.29, 0.717) is 17.5 Å². The van der Waals surface area contributed by atoms with Crippen LogP contribution in [0.4, 0.5) is 5.82 Å². The van der Waals surface area contributed by atoms with Crippen LogP contribution in [0.5, 0.6) is 0 Å². The molecule has 0 aliphatic rings. The summed E-state index contributed by atoms with van der Waals surface area (Å²) in [6.07, 6.45) is 2.72. The van der Waals surface area contributed by atoms with E-state index in [1.54, 1.807) is 6.20 Å². The van der Waals surface area contributed by atoms with Gasteiger partial charge in [-0.15, -0.1) is 0 Å². The summed E-state index contributed by atoms with van der Waals surface area (Å²) >= 11 is 9.20. The second-order valence-electron chi connectivity index (χ2n) is 4.21. The molecule has 0 fully saturated rings. The van der Waals surface area contributed by atoms with Gasteiger partial charge in [0, 0.05) is 19.3 Å². The molecule has 0 unspecified atom stereocenters. The third kappa shape index (κ3) is 6.24. The smallest absolute Gasteiger partial charge is 0.140 e. The highest BCUT2D eigenvalue weighted by atomic mass is 79.9. The van der Waals surface area contributed by atoms with Crippen molar-refractivity contribution in [2.24, 2.45) is 5.92 Å². The molecule has 0 radical (unpaired) electrons. The van der Waals surface area contributed by atoms with Crippen molar-refractivity contribution in [1.82, 2.24) is 4.98 Å². The fourth-order valence-corrected chi connectivity index (χ4v) is 1.99. The molecule has 0 spiro atoms. The van der Waals surface area contributed by atoms with E-state index in [0.717, 1.165) is 29.9 Å². The van der Waals surface area contributed by atoms with Gasteiger partial charge in [-0.2, -0.15) is 0 Å². The van der Waals surface area contributed by atoms with E-state index in [1.807, 2.05) is 6.07 Å². The van der Waals surface area contributed by atoms with Crippen LogP contribution >= 0.6 is 27.5 Å². The highest BCUT2D eigenvalue weighted by molar-refractivity contribution is 9.10. The van der Waals surface area contributed by atoms with Crippen molar-refractivity contribution in [3.8, 4) is 0 Å². The molecule has 1 N–H and O–H groups in total. The maximum atomic E-state index is 5.80. The van der Waals surface area contributed by atoms with Gasteiger partial charge in [0.15, 0.2) is 0 Å². The van der Waals surface area contributed by atoms with E-state index in [4.69, 9.17) is 16.3 Å². The van der Waals surface area contributed by atoms with Crippen LogP contribution < -0.4 is 5.32 Å². The number of anilines is 1. The summed E-state index contributed by atoms with van der Waals surface area (Å²) < 4.78 is 6.37. The Labute approximate surface area is 116 Å². The Morgan fingerprint density at radius 3 is 2.88 bits per heavy atom. The average molecular weight is 322 g/mol. The van der Waals surface area contributed by atoms with Crippen LogP contribution in [-0.2, 0) is 4.74 Å². The predicted octanol–water partition coefficient (Wildman–Crippen LogP) is 3.97. The molecule has 1 rings (SSSR count). The summed E-state index contributed by atoms with van der Waals surface area (Å²) in [5.41, 5.74) is 0. The van der Waals surface area contributed by atoms with Crippen LogP contribution in [-0.4, -0.2) is 24.7 Å². The van der Waals surface area contributed by atoms with Gasteiger partial charge in [-0.25, -0.2) is 4.98 Å². The van der Waals surface area contributed by atoms with Crippen molar-refractivity contribution in [2.75, 3.05) is 25.1 Å². The van der Waals surface area contributed by atoms with E-state index in [2.05, 4.69) is 40.1 Å². The van der Waals surface area contributed by atoms with E-state index in [1.165, 1.54) is 0 Å². The first-order valence-electron chi connectivity index (χ1n) is 5.72. The zero-order chi connectivity index (χ0) is 12.7. The van der Waals surface area contributed by atoms with E-state index >= 15 is 0 Å². The fraction of sp³-hybridized carbons (Fsp3) is 0.583. The van der Waals surface area contributed by atoms with Crippen molar-refractivity contribution >= 4 is 33.3 Å². The molecule has 17 heavy (non-hydrogen) atoms. The lowest BCUT2D eigenvalue weighted by molar-refractivity contribution is 0.132. The highest BCUT2D eigenvalue weighted by Gasteiger charge is 2.01. The molecule has 1 heterocycles. The summed E-state index contributed by atoms with van der Waals surface area (Å²) in [7, 11) is 0. The van der Waals surface area contributed by atoms with Crippen LogP contribution in [0.1, 0.15) is 20.3 Å². The number of nitrogens with zero attached hydrogens (tertiary/aromatic N) is 1. The lowest BCUT2D eigenvalue weighted by atomic mass is 10.1. The monoisotopic (exact) mass is 320 g/mol. The van der Waals surface area contributed by atoms with Gasteiger partial charge < -0.3 is 10.1 Å². The van der Waals surface area contributed by atoms with Crippen LogP contribution in [0, 0.1) is 5.92 Å². The number of aromatic nitrogens is 1. The molecule has 0 bridgehead atoms. The molecule has 0 atom stereocenters. The Kier molecular flexibility index (Phi) is 6.85. The highest BCUT2D eigenvalue weighted by Crippen LogP contribution is 2.22. The summed E-state index contributed by atoms with van der Waals surface area (Å²) in [6.45, 7) is 6.62. The van der Waals surface area contributed by atoms with Crippen molar-refractivity contribution in [1.29, 1.82) is 0 Å². The van der Waals surface area contributed by atoms with Gasteiger partial charge in [0.25, 0.3) is 0 Å². The number of ether oxygens (including phenoxy) is 1. The minimum absolute atomic E-state index is 0.621. The number of halogens is 2. The Bertz CT molecular complexity index is 347. The van der Waals surface area contributed by atoms with Crippen molar-refractivity contribution in [2.45, 2.75) is 20.3 Å². The van der Waals surface area contributed by atoms with Crippen molar-refractivity contribution in [3.63, 3.8) is 0 Å². The van der Waals surface area contributed by atoms with Crippen molar-refractivity contribution in [3.05, 3.63) is 21.8 Å². The molecular formula is C12H18BrClN2O. The minimum Gasteiger partial charge on any atom is -0.380 e. The number of hydrogen-bond acceptors (Lipinski definition) is 3. The standard InChI is InChI=1S/C12H18BrClN2O/c1-9(2)3-5-17-6-4-15-12-11(13)7-10(14)8-16-12/h7-9H,3-6H2,1-2H3,(H,15,16). The maximum absolute atomic E-state index is 5.80. The third-order valence-electron chi connectivity index (χ3n) is 2.19. The molecule has 5 heteroatoms. The maximum Gasteiger partial charge on any atom is 0.140 e. The lowest BCUT2D eigenvalue weighted by Gasteiger charge is -2.09. The van der Waals surface area contributed by atoms with E-state index in [9.17, 15) is 0 Å². The predicted molar refractivity (Wildman–Crippen MR) is 75.7 cm³/mol. The lowest BCUT2D eigenvalue weighted by Crippen LogP contribution is -2.12. The number of pyridine rings is 1. The molecule has 0 amide bonds. The van der Waals surface area contributed by atoms with Gasteiger partial charge in [-0.3, -0.25) is 0 Å². The molecule has 3 nitrogen and oxygen atoms in total. The molecule has 1 aromatic rings. The van der Waals surface area contributed by atoms with Gasteiger partial charge in [0.1, 0.15) is 5.82 Å². The average Bonchev–Trinajstić information content (AvgIpc) is 2.25. The molecule has 0 saturated carbocycles. The number of nitrogens with one attached hydrogen (secondary N) is 1. The van der Waals surface area contributed by atoms with Crippen molar-refractivity contribution < 1.29 is 4.74 Å². The molecular weight excluding hydrogens is 304 g/mol. The summed E-state index contributed by atoms with van der Waals surface area (Å²) in [5.74, 6) is 1.48. The van der Waals surface area contributed by atoms with Crippen LogP contribution in [0.25, 0.3) is 0 Å². The Morgan fingerprint density at radius 1 is 1.47 bits per heavy atom. The van der Waals surface area contributed by atoms with Gasteiger partial charge in [0.2, 0.25) is 0 Å². The molecule has 0 saturated heterocycles. The second kappa shape index (κ2) is 7.90. The van der Waals surface area contributed by atoms with Gasteiger partial charge in [-0.05, 0) is 34.3 Å². The zero-order valence-electron chi connectivity index (χ0n) is 10.2. The Morgan fingerprint density at radius 2 is 2.24 bits per heavy atom. The first-order valence-corrected chi connectivity index (χ1v) is 6.89. The molecule has 0 aliphatic carbocycles. The summed E-state index contributed by atoms with van der Waals surface area (Å²) in [5, 5.41) is 3.81. The third-order valence-corrected chi connectivity index (χ3v) is 3.00. The second-order valence-corrected chi connectivity index (χ2v) is 5.50. The largest absolute Gasteiger partial charge is 0.380 e. The molecule has 1 aromatic heterocycles. The summed E-state index contributed by atoms with van der Waals surface area (Å²) in [4.78, 5) is 4.18. The van der Waals surface area contributed by atoms with Gasteiger partial charge >= 0.3 is 0 Å². The minimum atomic E-state index is 0.621. The van der Waals surface area contributed by atoms with E-state index in [-0.39, 0.29) is 0 Å².